The Bertz CT molecular complexity index is 64.6. The van der Waals surface area contributed by atoms with Crippen LogP contribution in [0.25, 0.3) is 0 Å². The van der Waals surface area contributed by atoms with Gasteiger partial charge in [-0.2, -0.15) is 11.8 Å². The maximum Gasteiger partial charge on any atom is 0.0481 e. The first kappa shape index (κ1) is 10.3. The third-order valence-electron chi connectivity index (χ3n) is 1.39. The van der Waals surface area contributed by atoms with Gasteiger partial charge in [0.05, 0.1) is 0 Å². The lowest BCUT2D eigenvalue weighted by atomic mass is 10.1. The summed E-state index contributed by atoms with van der Waals surface area (Å²) in [5.41, 5.74) is 0. The minimum absolute atomic E-state index is 0.0963. The van der Waals surface area contributed by atoms with Crippen LogP contribution < -0.4 is 0 Å². The van der Waals surface area contributed by atoms with Gasteiger partial charge in [0.15, 0.2) is 0 Å². The second-order valence-corrected chi connectivity index (χ2v) is 3.61. The molecule has 0 aromatic carbocycles. The second-order valence-electron chi connectivity index (χ2n) is 2.22. The quantitative estimate of drug-likeness (QED) is 0.569. The van der Waals surface area contributed by atoms with E-state index < -0.39 is 0 Å². The van der Waals surface area contributed by atoms with Crippen LogP contribution in [0.5, 0.6) is 0 Å². The summed E-state index contributed by atoms with van der Waals surface area (Å²) >= 11 is 1.84. The molecule has 0 spiro atoms. The van der Waals surface area contributed by atoms with Crippen molar-refractivity contribution in [3.05, 3.63) is 0 Å². The number of hydrogen-bond acceptors (Lipinski definition) is 3. The van der Waals surface area contributed by atoms with Crippen molar-refractivity contribution in [2.24, 2.45) is 5.92 Å². The van der Waals surface area contributed by atoms with Gasteiger partial charge in [0, 0.05) is 19.1 Å². The largest absolute Gasteiger partial charge is 0.396 e. The molecule has 0 rings (SSSR count). The Kier molecular flexibility index (Phi) is 7.58. The van der Waals surface area contributed by atoms with Crippen molar-refractivity contribution < 1.29 is 10.2 Å². The van der Waals surface area contributed by atoms with Gasteiger partial charge < -0.3 is 10.2 Å². The van der Waals surface area contributed by atoms with Crippen molar-refractivity contribution in [3.63, 3.8) is 0 Å². The van der Waals surface area contributed by atoms with E-state index in [1.807, 2.05) is 11.8 Å². The average Bonchev–Trinajstić information content (AvgIpc) is 1.99. The van der Waals surface area contributed by atoms with E-state index in [1.54, 1.807) is 0 Å². The fourth-order valence-electron chi connectivity index (χ4n) is 0.635. The van der Waals surface area contributed by atoms with E-state index in [2.05, 4.69) is 6.92 Å². The monoisotopic (exact) mass is 164 g/mol. The molecule has 0 radical (unpaired) electrons. The van der Waals surface area contributed by atoms with Gasteiger partial charge in [-0.15, -0.1) is 0 Å². The number of aliphatic hydroxyl groups is 2. The summed E-state index contributed by atoms with van der Waals surface area (Å²) in [6.07, 6.45) is 0.922. The summed E-state index contributed by atoms with van der Waals surface area (Å²) in [5.74, 6) is 2.25. The van der Waals surface area contributed by atoms with Crippen molar-refractivity contribution in [2.45, 2.75) is 13.3 Å². The molecular formula is C7H16O2S. The molecule has 0 saturated heterocycles. The summed E-state index contributed by atoms with van der Waals surface area (Å²) in [6, 6.07) is 0. The molecule has 0 heterocycles. The molecule has 0 fully saturated rings. The average molecular weight is 164 g/mol. The molecule has 2 N–H and O–H groups in total. The van der Waals surface area contributed by atoms with Gasteiger partial charge in [0.2, 0.25) is 0 Å². The van der Waals surface area contributed by atoms with Crippen LogP contribution in [-0.4, -0.2) is 34.9 Å². The molecule has 0 unspecified atom stereocenters. The summed E-state index contributed by atoms with van der Waals surface area (Å²) in [5, 5.41) is 17.3. The molecule has 3 heteroatoms. The summed E-state index contributed by atoms with van der Waals surface area (Å²) in [4.78, 5) is 0. The number of rotatable bonds is 6. The van der Waals surface area contributed by atoms with Gasteiger partial charge in [-0.25, -0.2) is 0 Å². The Morgan fingerprint density at radius 3 is 2.30 bits per heavy atom. The minimum Gasteiger partial charge on any atom is -0.396 e. The summed E-state index contributed by atoms with van der Waals surface area (Å²) < 4.78 is 0. The Labute approximate surface area is 66.6 Å². The highest BCUT2D eigenvalue weighted by atomic mass is 32.2. The molecule has 0 aliphatic rings. The molecule has 0 bridgehead atoms. The standard InChI is InChI=1S/C7H16O2S/c1-2-10-4-3-7(5-8)6-9/h7-9H,2-6H2,1H3. The van der Waals surface area contributed by atoms with Gasteiger partial charge >= 0.3 is 0 Å². The summed E-state index contributed by atoms with van der Waals surface area (Å²) in [6.45, 7) is 2.33. The topological polar surface area (TPSA) is 40.5 Å². The van der Waals surface area contributed by atoms with Gasteiger partial charge in [-0.3, -0.25) is 0 Å². The van der Waals surface area contributed by atoms with E-state index in [0.29, 0.717) is 0 Å². The molecule has 0 aliphatic carbocycles. The maximum absolute atomic E-state index is 8.66. The minimum atomic E-state index is 0.0963. The van der Waals surface area contributed by atoms with Gasteiger partial charge in [-0.05, 0) is 17.9 Å². The maximum atomic E-state index is 8.66. The molecule has 0 amide bonds. The predicted molar refractivity (Wildman–Crippen MR) is 45.3 cm³/mol. The fourth-order valence-corrected chi connectivity index (χ4v) is 1.42. The van der Waals surface area contributed by atoms with Crippen LogP contribution in [0.15, 0.2) is 0 Å². The molecule has 10 heavy (non-hydrogen) atoms. The third kappa shape index (κ3) is 5.09. The van der Waals surface area contributed by atoms with Crippen LogP contribution in [-0.2, 0) is 0 Å². The first-order chi connectivity index (χ1) is 4.85. The van der Waals surface area contributed by atoms with Gasteiger partial charge in [-0.1, -0.05) is 6.92 Å². The zero-order valence-electron chi connectivity index (χ0n) is 6.42. The van der Waals surface area contributed by atoms with E-state index in [1.165, 1.54) is 0 Å². The molecule has 0 aromatic rings. The zero-order chi connectivity index (χ0) is 7.82. The van der Waals surface area contributed by atoms with Crippen LogP contribution >= 0.6 is 11.8 Å². The van der Waals surface area contributed by atoms with Crippen molar-refractivity contribution in [3.8, 4) is 0 Å². The van der Waals surface area contributed by atoms with Crippen LogP contribution in [0.2, 0.25) is 0 Å². The van der Waals surface area contributed by atoms with Crippen molar-refractivity contribution in [1.29, 1.82) is 0 Å². The second kappa shape index (κ2) is 7.38. The first-order valence-electron chi connectivity index (χ1n) is 3.64. The van der Waals surface area contributed by atoms with Crippen molar-refractivity contribution in [1.82, 2.24) is 0 Å². The van der Waals surface area contributed by atoms with E-state index in [0.717, 1.165) is 17.9 Å². The van der Waals surface area contributed by atoms with Crippen molar-refractivity contribution >= 4 is 11.8 Å². The highest BCUT2D eigenvalue weighted by molar-refractivity contribution is 7.99. The van der Waals surface area contributed by atoms with E-state index in [9.17, 15) is 0 Å². The van der Waals surface area contributed by atoms with E-state index in [4.69, 9.17) is 10.2 Å². The normalized spacial score (nSPS) is 10.8. The molecule has 0 saturated carbocycles. The first-order valence-corrected chi connectivity index (χ1v) is 4.80. The number of hydrogen-bond donors (Lipinski definition) is 2. The predicted octanol–water partition coefficient (Wildman–Crippen LogP) is 0.730. The molecule has 2 nitrogen and oxygen atoms in total. The summed E-state index contributed by atoms with van der Waals surface area (Å²) in [7, 11) is 0. The van der Waals surface area contributed by atoms with E-state index in [-0.39, 0.29) is 19.1 Å². The van der Waals surface area contributed by atoms with Crippen LogP contribution in [0.3, 0.4) is 0 Å². The molecular weight excluding hydrogens is 148 g/mol. The highest BCUT2D eigenvalue weighted by Crippen LogP contribution is 2.07. The van der Waals surface area contributed by atoms with E-state index >= 15 is 0 Å². The molecule has 0 aromatic heterocycles. The van der Waals surface area contributed by atoms with Crippen molar-refractivity contribution in [2.75, 3.05) is 24.7 Å². The molecule has 0 atom stereocenters. The lowest BCUT2D eigenvalue weighted by Gasteiger charge is -2.08. The van der Waals surface area contributed by atoms with Crippen LogP contribution in [0.1, 0.15) is 13.3 Å². The third-order valence-corrected chi connectivity index (χ3v) is 2.32. The smallest absolute Gasteiger partial charge is 0.0481 e. The molecule has 62 valence electrons. The number of thioether (sulfide) groups is 1. The number of aliphatic hydroxyl groups excluding tert-OH is 2. The zero-order valence-corrected chi connectivity index (χ0v) is 7.23. The SMILES string of the molecule is CCSCCC(CO)CO. The van der Waals surface area contributed by atoms with Gasteiger partial charge in [0.25, 0.3) is 0 Å². The van der Waals surface area contributed by atoms with Gasteiger partial charge in [0.1, 0.15) is 0 Å². The lowest BCUT2D eigenvalue weighted by Crippen LogP contribution is -2.11. The lowest BCUT2D eigenvalue weighted by molar-refractivity contribution is 0.148. The van der Waals surface area contributed by atoms with Crippen LogP contribution in [0, 0.1) is 5.92 Å². The Balaban J connectivity index is 3.09. The Morgan fingerprint density at radius 2 is 1.90 bits per heavy atom. The highest BCUT2D eigenvalue weighted by Gasteiger charge is 2.03. The molecule has 0 aliphatic heterocycles. The Morgan fingerprint density at radius 1 is 1.30 bits per heavy atom. The fraction of sp³-hybridized carbons (Fsp3) is 1.00. The Hall–Kier alpha value is 0.270. The van der Waals surface area contributed by atoms with Crippen LogP contribution in [0.4, 0.5) is 0 Å².